The molecule has 0 saturated heterocycles. The number of ketones is 1. The quantitative estimate of drug-likeness (QED) is 0.341. The molecule has 0 fully saturated rings. The van der Waals surface area contributed by atoms with Crippen molar-refractivity contribution in [3.05, 3.63) is 0 Å². The summed E-state index contributed by atoms with van der Waals surface area (Å²) < 4.78 is 0. The molecule has 0 aromatic rings. The zero-order valence-electron chi connectivity index (χ0n) is 7.13. The fourth-order valence-corrected chi connectivity index (χ4v) is 0.222. The van der Waals surface area contributed by atoms with E-state index in [1.54, 1.807) is 20.8 Å². The molecule has 0 atom stereocenters. The van der Waals surface area contributed by atoms with Crippen LogP contribution >= 0.6 is 0 Å². The van der Waals surface area contributed by atoms with Gasteiger partial charge < -0.3 is 0 Å². The lowest BCUT2D eigenvalue weighted by Gasteiger charge is -2.15. The molecule has 0 aromatic carbocycles. The summed E-state index contributed by atoms with van der Waals surface area (Å²) in [5, 5.41) is 0. The largest absolute Gasteiger partial charge is 0.408 e. The summed E-state index contributed by atoms with van der Waals surface area (Å²) >= 11 is 0. The maximum absolute atomic E-state index is 10.5. The summed E-state index contributed by atoms with van der Waals surface area (Å²) in [6, 6.07) is 0. The van der Waals surface area contributed by atoms with Gasteiger partial charge in [-0.05, 0) is 20.8 Å². The first-order chi connectivity index (χ1) is 4.83. The SMILES string of the molecule is CC(=O)C(=O)OOC(C)(C)C. The smallest absolute Gasteiger partial charge is 0.289 e. The van der Waals surface area contributed by atoms with Gasteiger partial charge in [0.15, 0.2) is 0 Å². The summed E-state index contributed by atoms with van der Waals surface area (Å²) in [5.41, 5.74) is -0.578. The second-order valence-electron chi connectivity index (χ2n) is 3.12. The van der Waals surface area contributed by atoms with Crippen molar-refractivity contribution >= 4 is 11.8 Å². The minimum Gasteiger partial charge on any atom is -0.289 e. The molecular formula is C7H12O4. The number of carbonyl (C=O) groups excluding carboxylic acids is 2. The van der Waals surface area contributed by atoms with Gasteiger partial charge in [0.25, 0.3) is 0 Å². The third-order valence-corrected chi connectivity index (χ3v) is 0.655. The van der Waals surface area contributed by atoms with E-state index in [0.29, 0.717) is 0 Å². The summed E-state index contributed by atoms with van der Waals surface area (Å²) in [6.07, 6.45) is 0. The van der Waals surface area contributed by atoms with Crippen LogP contribution in [0.2, 0.25) is 0 Å². The highest BCUT2D eigenvalue weighted by molar-refractivity contribution is 6.32. The predicted molar refractivity (Wildman–Crippen MR) is 37.6 cm³/mol. The van der Waals surface area contributed by atoms with Crippen LogP contribution in [0.4, 0.5) is 0 Å². The maximum Gasteiger partial charge on any atom is 0.408 e. The van der Waals surface area contributed by atoms with E-state index in [0.717, 1.165) is 6.92 Å². The van der Waals surface area contributed by atoms with Gasteiger partial charge in [-0.2, -0.15) is 4.89 Å². The molecule has 4 heteroatoms. The van der Waals surface area contributed by atoms with Crippen LogP contribution in [-0.2, 0) is 19.4 Å². The Morgan fingerprint density at radius 2 is 1.64 bits per heavy atom. The Balaban J connectivity index is 3.73. The molecule has 0 bridgehead atoms. The van der Waals surface area contributed by atoms with Crippen LogP contribution in [0.1, 0.15) is 27.7 Å². The van der Waals surface area contributed by atoms with Crippen molar-refractivity contribution < 1.29 is 19.4 Å². The van der Waals surface area contributed by atoms with Crippen molar-refractivity contribution in [2.75, 3.05) is 0 Å². The van der Waals surface area contributed by atoms with Crippen LogP contribution in [0.3, 0.4) is 0 Å². The Hall–Kier alpha value is -0.900. The first-order valence-electron chi connectivity index (χ1n) is 3.23. The van der Waals surface area contributed by atoms with Crippen molar-refractivity contribution in [1.29, 1.82) is 0 Å². The number of carbonyl (C=O) groups is 2. The Labute approximate surface area is 65.4 Å². The highest BCUT2D eigenvalue weighted by atomic mass is 17.2. The zero-order valence-corrected chi connectivity index (χ0v) is 7.13. The summed E-state index contributed by atoms with van der Waals surface area (Å²) in [5.74, 6) is -1.64. The minimum atomic E-state index is -0.972. The molecule has 0 spiro atoms. The average molecular weight is 160 g/mol. The first-order valence-corrected chi connectivity index (χ1v) is 3.23. The summed E-state index contributed by atoms with van der Waals surface area (Å²) in [4.78, 5) is 29.6. The molecule has 0 radical (unpaired) electrons. The lowest BCUT2D eigenvalue weighted by atomic mass is 10.2. The van der Waals surface area contributed by atoms with Gasteiger partial charge in [-0.15, -0.1) is 0 Å². The molecule has 0 rings (SSSR count). The van der Waals surface area contributed by atoms with Gasteiger partial charge in [0.05, 0.1) is 0 Å². The van der Waals surface area contributed by atoms with E-state index in [2.05, 4.69) is 9.78 Å². The van der Waals surface area contributed by atoms with E-state index < -0.39 is 17.4 Å². The lowest BCUT2D eigenvalue weighted by Crippen LogP contribution is -2.24. The standard InChI is InChI=1S/C7H12O4/c1-5(8)6(9)10-11-7(2,3)4/h1-4H3. The van der Waals surface area contributed by atoms with Crippen LogP contribution < -0.4 is 0 Å². The predicted octanol–water partition coefficient (Wildman–Crippen LogP) is 0.849. The van der Waals surface area contributed by atoms with Crippen molar-refractivity contribution in [3.8, 4) is 0 Å². The van der Waals surface area contributed by atoms with E-state index in [-0.39, 0.29) is 0 Å². The van der Waals surface area contributed by atoms with Crippen molar-refractivity contribution in [3.63, 3.8) is 0 Å². The van der Waals surface area contributed by atoms with Gasteiger partial charge in [0.1, 0.15) is 5.60 Å². The Bertz CT molecular complexity index is 166. The van der Waals surface area contributed by atoms with Gasteiger partial charge in [0, 0.05) is 6.92 Å². The third-order valence-electron chi connectivity index (χ3n) is 0.655. The topological polar surface area (TPSA) is 52.6 Å². The second kappa shape index (κ2) is 3.48. The summed E-state index contributed by atoms with van der Waals surface area (Å²) in [7, 11) is 0. The number of hydrogen-bond acceptors (Lipinski definition) is 4. The van der Waals surface area contributed by atoms with Crippen LogP contribution in [0.15, 0.2) is 0 Å². The molecular weight excluding hydrogens is 148 g/mol. The highest BCUT2D eigenvalue weighted by Gasteiger charge is 2.17. The molecule has 11 heavy (non-hydrogen) atoms. The van der Waals surface area contributed by atoms with E-state index in [1.807, 2.05) is 0 Å². The summed E-state index contributed by atoms with van der Waals surface area (Å²) in [6.45, 7) is 6.25. The number of rotatable bonds is 2. The zero-order chi connectivity index (χ0) is 9.07. The van der Waals surface area contributed by atoms with E-state index in [1.165, 1.54) is 0 Å². The molecule has 0 aliphatic carbocycles. The Morgan fingerprint density at radius 3 is 1.91 bits per heavy atom. The fourth-order valence-electron chi connectivity index (χ4n) is 0.222. The highest BCUT2D eigenvalue weighted by Crippen LogP contribution is 2.06. The molecule has 0 aliphatic heterocycles. The van der Waals surface area contributed by atoms with Gasteiger partial charge in [0.2, 0.25) is 5.78 Å². The van der Waals surface area contributed by atoms with E-state index in [4.69, 9.17) is 0 Å². The van der Waals surface area contributed by atoms with Crippen molar-refractivity contribution in [2.45, 2.75) is 33.3 Å². The van der Waals surface area contributed by atoms with E-state index >= 15 is 0 Å². The lowest BCUT2D eigenvalue weighted by molar-refractivity contribution is -0.317. The molecule has 0 unspecified atom stereocenters. The van der Waals surface area contributed by atoms with Crippen LogP contribution in [0.5, 0.6) is 0 Å². The van der Waals surface area contributed by atoms with Crippen molar-refractivity contribution in [1.82, 2.24) is 0 Å². The van der Waals surface area contributed by atoms with Gasteiger partial charge in [-0.1, -0.05) is 0 Å². The molecule has 0 saturated carbocycles. The monoisotopic (exact) mass is 160 g/mol. The van der Waals surface area contributed by atoms with Gasteiger partial charge in [-0.25, -0.2) is 4.79 Å². The Morgan fingerprint density at radius 1 is 1.18 bits per heavy atom. The fraction of sp³-hybridized carbons (Fsp3) is 0.714. The van der Waals surface area contributed by atoms with Crippen molar-refractivity contribution in [2.24, 2.45) is 0 Å². The van der Waals surface area contributed by atoms with Crippen LogP contribution in [0.25, 0.3) is 0 Å². The molecule has 0 aromatic heterocycles. The van der Waals surface area contributed by atoms with Gasteiger partial charge >= 0.3 is 5.97 Å². The normalized spacial score (nSPS) is 10.9. The minimum absolute atomic E-state index is 0.578. The van der Waals surface area contributed by atoms with Gasteiger partial charge in [-0.3, -0.25) is 9.68 Å². The third kappa shape index (κ3) is 5.54. The first kappa shape index (κ1) is 10.1. The molecule has 0 aliphatic rings. The molecule has 0 N–H and O–H groups in total. The maximum atomic E-state index is 10.5. The second-order valence-corrected chi connectivity index (χ2v) is 3.12. The Kier molecular flexibility index (Phi) is 3.19. The molecule has 0 heterocycles. The molecule has 4 nitrogen and oxygen atoms in total. The van der Waals surface area contributed by atoms with E-state index in [9.17, 15) is 9.59 Å². The number of Topliss-reactive ketones (excluding diaryl/α,β-unsaturated/α-hetero) is 1. The average Bonchev–Trinajstić information content (AvgIpc) is 1.80. The van der Waals surface area contributed by atoms with Crippen LogP contribution in [0, 0.1) is 0 Å². The number of hydrogen-bond donors (Lipinski definition) is 0. The molecule has 0 amide bonds. The molecule has 64 valence electrons. The van der Waals surface area contributed by atoms with Crippen LogP contribution in [-0.4, -0.2) is 17.4 Å².